The van der Waals surface area contributed by atoms with Crippen LogP contribution in [0.5, 0.6) is 0 Å². The summed E-state index contributed by atoms with van der Waals surface area (Å²) >= 11 is 1.31. The lowest BCUT2D eigenvalue weighted by molar-refractivity contribution is 0.0527. The molecule has 1 heterocycles. The molecule has 1 aromatic rings. The zero-order valence-electron chi connectivity index (χ0n) is 9.02. The zero-order valence-corrected chi connectivity index (χ0v) is 10.7. The molecule has 0 fully saturated rings. The summed E-state index contributed by atoms with van der Waals surface area (Å²) in [6.45, 7) is 3.89. The van der Waals surface area contributed by atoms with Crippen molar-refractivity contribution in [2.75, 3.05) is 6.61 Å². The molecular weight excluding hydrogens is 250 g/mol. The maximum atomic E-state index is 11.6. The average molecular weight is 264 g/mol. The van der Waals surface area contributed by atoms with Gasteiger partial charge in [0.1, 0.15) is 5.00 Å². The van der Waals surface area contributed by atoms with Crippen molar-refractivity contribution in [3.05, 3.63) is 16.5 Å². The highest BCUT2D eigenvalue weighted by Crippen LogP contribution is 2.30. The molecule has 0 bridgehead atoms. The highest BCUT2D eigenvalue weighted by molar-refractivity contribution is 7.14. The molecule has 0 spiro atoms. The Hall–Kier alpha value is -1.27. The normalized spacial score (nSPS) is 9.12. The average Bonchev–Trinajstić information content (AvgIpc) is 2.46. The van der Waals surface area contributed by atoms with E-state index in [1.54, 1.807) is 6.92 Å². The Labute approximate surface area is 104 Å². The smallest absolute Gasteiger partial charge is 0.341 e. The molecular formula is C9H14ClN3O2S. The van der Waals surface area contributed by atoms with Crippen LogP contribution in [0.25, 0.3) is 0 Å². The number of thiophene rings is 1. The molecule has 0 saturated heterocycles. The van der Waals surface area contributed by atoms with Gasteiger partial charge >= 0.3 is 5.97 Å². The van der Waals surface area contributed by atoms with Crippen LogP contribution in [0.2, 0.25) is 0 Å². The molecule has 5 nitrogen and oxygen atoms in total. The minimum atomic E-state index is -0.392. The van der Waals surface area contributed by atoms with E-state index in [2.05, 4.69) is 4.99 Å². The van der Waals surface area contributed by atoms with Gasteiger partial charge in [0.05, 0.1) is 12.2 Å². The van der Waals surface area contributed by atoms with Crippen LogP contribution in [-0.2, 0) is 4.74 Å². The van der Waals surface area contributed by atoms with Crippen molar-refractivity contribution < 1.29 is 9.53 Å². The Morgan fingerprint density at radius 3 is 2.69 bits per heavy atom. The van der Waals surface area contributed by atoms with Crippen LogP contribution in [0, 0.1) is 6.92 Å². The third-order valence-electron chi connectivity index (χ3n) is 1.67. The van der Waals surface area contributed by atoms with E-state index in [9.17, 15) is 4.79 Å². The Bertz CT molecular complexity index is 399. The van der Waals surface area contributed by atoms with Crippen molar-refractivity contribution in [2.24, 2.45) is 16.5 Å². The van der Waals surface area contributed by atoms with E-state index in [1.165, 1.54) is 11.3 Å². The van der Waals surface area contributed by atoms with E-state index in [1.807, 2.05) is 12.3 Å². The third kappa shape index (κ3) is 3.39. The minimum absolute atomic E-state index is 0. The summed E-state index contributed by atoms with van der Waals surface area (Å²) in [5.41, 5.74) is 11.8. The number of esters is 1. The van der Waals surface area contributed by atoms with Gasteiger partial charge in [0, 0.05) is 0 Å². The lowest BCUT2D eigenvalue weighted by Gasteiger charge is -2.02. The van der Waals surface area contributed by atoms with Crippen LogP contribution < -0.4 is 11.5 Å². The van der Waals surface area contributed by atoms with Gasteiger partial charge in [-0.2, -0.15) is 0 Å². The number of aryl methyl sites for hydroxylation is 1. The summed E-state index contributed by atoms with van der Waals surface area (Å²) in [4.78, 5) is 15.4. The van der Waals surface area contributed by atoms with Crippen molar-refractivity contribution in [1.29, 1.82) is 0 Å². The van der Waals surface area contributed by atoms with Gasteiger partial charge in [-0.3, -0.25) is 0 Å². The summed E-state index contributed by atoms with van der Waals surface area (Å²) < 4.78 is 4.91. The van der Waals surface area contributed by atoms with Crippen LogP contribution in [0.4, 0.5) is 5.00 Å². The lowest BCUT2D eigenvalue weighted by Crippen LogP contribution is -2.22. The van der Waals surface area contributed by atoms with Crippen molar-refractivity contribution in [3.8, 4) is 0 Å². The molecule has 0 aromatic carbocycles. The van der Waals surface area contributed by atoms with E-state index in [-0.39, 0.29) is 18.4 Å². The number of rotatable bonds is 3. The largest absolute Gasteiger partial charge is 0.462 e. The van der Waals surface area contributed by atoms with Gasteiger partial charge in [0.25, 0.3) is 0 Å². The lowest BCUT2D eigenvalue weighted by atomic mass is 10.2. The molecule has 0 saturated carbocycles. The first kappa shape index (κ1) is 14.7. The fourth-order valence-corrected chi connectivity index (χ4v) is 2.01. The number of hydrogen-bond donors (Lipinski definition) is 2. The SMILES string of the molecule is CCOC(=O)c1c(C)csc1N=C(N)N.Cl. The number of nitrogens with two attached hydrogens (primary N) is 2. The number of carbonyl (C=O) groups excluding carboxylic acids is 1. The number of nitrogens with zero attached hydrogens (tertiary/aromatic N) is 1. The van der Waals surface area contributed by atoms with Crippen LogP contribution in [0.1, 0.15) is 22.8 Å². The van der Waals surface area contributed by atoms with Crippen LogP contribution in [-0.4, -0.2) is 18.5 Å². The topological polar surface area (TPSA) is 90.7 Å². The molecule has 0 aliphatic heterocycles. The molecule has 90 valence electrons. The van der Waals surface area contributed by atoms with Crippen LogP contribution >= 0.6 is 23.7 Å². The molecule has 0 unspecified atom stereocenters. The Morgan fingerprint density at radius 1 is 1.56 bits per heavy atom. The van der Waals surface area contributed by atoms with Gasteiger partial charge in [-0.25, -0.2) is 9.79 Å². The predicted molar refractivity (Wildman–Crippen MR) is 67.7 cm³/mol. The van der Waals surface area contributed by atoms with Crippen molar-refractivity contribution in [2.45, 2.75) is 13.8 Å². The van der Waals surface area contributed by atoms with E-state index in [4.69, 9.17) is 16.2 Å². The van der Waals surface area contributed by atoms with Gasteiger partial charge < -0.3 is 16.2 Å². The van der Waals surface area contributed by atoms with Gasteiger partial charge in [-0.05, 0) is 24.8 Å². The molecule has 4 N–H and O–H groups in total. The summed E-state index contributed by atoms with van der Waals surface area (Å²) in [5, 5.41) is 2.31. The van der Waals surface area contributed by atoms with Crippen molar-refractivity contribution in [3.63, 3.8) is 0 Å². The highest BCUT2D eigenvalue weighted by atomic mass is 35.5. The third-order valence-corrected chi connectivity index (χ3v) is 2.66. The minimum Gasteiger partial charge on any atom is -0.462 e. The first-order valence-corrected chi connectivity index (χ1v) is 5.29. The molecule has 1 rings (SSSR count). The first-order valence-electron chi connectivity index (χ1n) is 4.41. The summed E-state index contributed by atoms with van der Waals surface area (Å²) in [5.74, 6) is -0.460. The first-order chi connectivity index (χ1) is 7.06. The van der Waals surface area contributed by atoms with E-state index < -0.39 is 5.97 Å². The molecule has 0 aliphatic rings. The maximum Gasteiger partial charge on any atom is 0.341 e. The molecule has 0 atom stereocenters. The number of aliphatic imine (C=N–C) groups is 1. The second-order valence-corrected chi connectivity index (χ2v) is 3.71. The van der Waals surface area contributed by atoms with Gasteiger partial charge in [-0.1, -0.05) is 0 Å². The van der Waals surface area contributed by atoms with E-state index in [0.717, 1.165) is 5.56 Å². The molecule has 1 aromatic heterocycles. The monoisotopic (exact) mass is 263 g/mol. The molecule has 0 amide bonds. The summed E-state index contributed by atoms with van der Waals surface area (Å²) in [6, 6.07) is 0. The fraction of sp³-hybridized carbons (Fsp3) is 0.333. The molecule has 0 aliphatic carbocycles. The van der Waals surface area contributed by atoms with E-state index >= 15 is 0 Å². The second kappa shape index (κ2) is 6.34. The quantitative estimate of drug-likeness (QED) is 0.492. The van der Waals surface area contributed by atoms with Crippen molar-refractivity contribution in [1.82, 2.24) is 0 Å². The summed E-state index contributed by atoms with van der Waals surface area (Å²) in [7, 11) is 0. The number of carbonyl (C=O) groups is 1. The number of halogens is 1. The van der Waals surface area contributed by atoms with Gasteiger partial charge in [0.15, 0.2) is 5.96 Å². The number of ether oxygens (including phenoxy) is 1. The second-order valence-electron chi connectivity index (χ2n) is 2.86. The maximum absolute atomic E-state index is 11.6. The van der Waals surface area contributed by atoms with Crippen LogP contribution in [0.15, 0.2) is 10.4 Å². The van der Waals surface area contributed by atoms with Crippen LogP contribution in [0.3, 0.4) is 0 Å². The molecule has 7 heteroatoms. The molecule has 16 heavy (non-hydrogen) atoms. The fourth-order valence-electron chi connectivity index (χ4n) is 1.08. The highest BCUT2D eigenvalue weighted by Gasteiger charge is 2.17. The Morgan fingerprint density at radius 2 is 2.19 bits per heavy atom. The van der Waals surface area contributed by atoms with Gasteiger partial charge in [-0.15, -0.1) is 23.7 Å². The number of guanidine groups is 1. The predicted octanol–water partition coefficient (Wildman–Crippen LogP) is 1.56. The van der Waals surface area contributed by atoms with E-state index in [0.29, 0.717) is 17.2 Å². The van der Waals surface area contributed by atoms with Gasteiger partial charge in [0.2, 0.25) is 0 Å². The van der Waals surface area contributed by atoms with Crippen molar-refractivity contribution >= 4 is 40.7 Å². The standard InChI is InChI=1S/C9H13N3O2S.ClH/c1-3-14-8(13)6-5(2)4-15-7(6)12-9(10)11;/h4H,3H2,1-2H3,(H4,10,11,12);1H. The zero-order chi connectivity index (χ0) is 11.4. The number of hydrogen-bond acceptors (Lipinski definition) is 4. The summed E-state index contributed by atoms with van der Waals surface area (Å²) in [6.07, 6.45) is 0. The Kier molecular flexibility index (Phi) is 5.84. The molecule has 0 radical (unpaired) electrons. The Balaban J connectivity index is 0.00000225.